The lowest BCUT2D eigenvalue weighted by atomic mass is 9.94. The minimum Gasteiger partial charge on any atom is -0.361 e. The van der Waals surface area contributed by atoms with Gasteiger partial charge in [-0.1, -0.05) is 23.8 Å². The third kappa shape index (κ3) is 4.31. The highest BCUT2D eigenvalue weighted by molar-refractivity contribution is 7.99. The van der Waals surface area contributed by atoms with E-state index in [1.807, 2.05) is 6.92 Å². The monoisotopic (exact) mass is 340 g/mol. The van der Waals surface area contributed by atoms with E-state index >= 15 is 0 Å². The summed E-state index contributed by atoms with van der Waals surface area (Å²) in [5, 5.41) is 6.70. The van der Waals surface area contributed by atoms with Gasteiger partial charge in [-0.05, 0) is 44.5 Å². The number of rotatable bonds is 6. The van der Waals surface area contributed by atoms with Crippen molar-refractivity contribution in [2.75, 3.05) is 5.32 Å². The van der Waals surface area contributed by atoms with E-state index in [9.17, 15) is 13.6 Å². The Bertz CT molecular complexity index is 652. The lowest BCUT2D eigenvalue weighted by Crippen LogP contribution is -2.21. The second-order valence-corrected chi connectivity index (χ2v) is 6.15. The molecule has 0 aliphatic heterocycles. The topological polar surface area (TPSA) is 55.1 Å². The van der Waals surface area contributed by atoms with Crippen LogP contribution < -0.4 is 5.32 Å². The van der Waals surface area contributed by atoms with Crippen molar-refractivity contribution in [3.63, 3.8) is 0 Å². The first-order valence-electron chi connectivity index (χ1n) is 7.20. The second-order valence-electron chi connectivity index (χ2n) is 5.09. The van der Waals surface area contributed by atoms with Crippen LogP contribution in [-0.4, -0.2) is 16.8 Å². The molecule has 1 N–H and O–H groups in total. The summed E-state index contributed by atoms with van der Waals surface area (Å²) in [7, 11) is 0. The number of halogens is 2. The highest BCUT2D eigenvalue weighted by Gasteiger charge is 2.25. The molecule has 2 aromatic rings. The van der Waals surface area contributed by atoms with Crippen molar-refractivity contribution in [3.8, 4) is 0 Å². The summed E-state index contributed by atoms with van der Waals surface area (Å²) in [4.78, 5) is 13.0. The van der Waals surface area contributed by atoms with Crippen LogP contribution in [0.15, 0.2) is 33.7 Å². The molecule has 0 saturated carbocycles. The molecule has 0 aliphatic carbocycles. The fourth-order valence-corrected chi connectivity index (χ4v) is 2.96. The molecule has 1 unspecified atom stereocenters. The summed E-state index contributed by atoms with van der Waals surface area (Å²) >= 11 is 0.472. The number of nitrogens with one attached hydrogen (secondary N) is 1. The van der Waals surface area contributed by atoms with E-state index in [4.69, 9.17) is 4.52 Å². The van der Waals surface area contributed by atoms with E-state index in [2.05, 4.69) is 10.5 Å². The Hall–Kier alpha value is -1.89. The summed E-state index contributed by atoms with van der Waals surface area (Å²) < 4.78 is 29.7. The Morgan fingerprint density at radius 2 is 1.96 bits per heavy atom. The molecule has 1 heterocycles. The van der Waals surface area contributed by atoms with Crippen molar-refractivity contribution < 1.29 is 18.1 Å². The fraction of sp³-hybridized carbons (Fsp3) is 0.375. The Labute approximate surface area is 137 Å². The molecule has 7 heteroatoms. The molecule has 0 radical (unpaired) electrons. The summed E-state index contributed by atoms with van der Waals surface area (Å²) in [6.45, 7) is 5.50. The maximum absolute atomic E-state index is 12.5. The number of amides is 1. The van der Waals surface area contributed by atoms with Crippen LogP contribution >= 0.6 is 11.8 Å². The molecule has 1 aromatic heterocycles. The molecule has 0 aliphatic rings. The average molecular weight is 340 g/mol. The van der Waals surface area contributed by atoms with Crippen LogP contribution in [0.4, 0.5) is 14.5 Å². The SMILES string of the molecule is CCC(C(=O)Nc1ccc(SC(F)F)cc1)c1c(C)noc1C. The molecular weight excluding hydrogens is 322 g/mol. The van der Waals surface area contributed by atoms with Gasteiger partial charge in [-0.2, -0.15) is 8.78 Å². The Kier molecular flexibility index (Phi) is 5.76. The normalized spacial score (nSPS) is 12.4. The number of benzene rings is 1. The van der Waals surface area contributed by atoms with Crippen molar-refractivity contribution in [2.45, 2.75) is 43.8 Å². The Balaban J connectivity index is 2.11. The zero-order valence-corrected chi connectivity index (χ0v) is 13.9. The molecule has 1 atom stereocenters. The number of aromatic nitrogens is 1. The largest absolute Gasteiger partial charge is 0.361 e. The molecule has 2 rings (SSSR count). The molecular formula is C16H18F2N2O2S. The van der Waals surface area contributed by atoms with Crippen LogP contribution in [0.3, 0.4) is 0 Å². The molecule has 0 saturated heterocycles. The Morgan fingerprint density at radius 1 is 1.30 bits per heavy atom. The highest BCUT2D eigenvalue weighted by Crippen LogP contribution is 2.29. The van der Waals surface area contributed by atoms with E-state index in [-0.39, 0.29) is 11.8 Å². The van der Waals surface area contributed by atoms with Crippen molar-refractivity contribution in [3.05, 3.63) is 41.3 Å². The van der Waals surface area contributed by atoms with Gasteiger partial charge in [0.1, 0.15) is 5.76 Å². The van der Waals surface area contributed by atoms with Gasteiger partial charge >= 0.3 is 0 Å². The predicted molar refractivity (Wildman–Crippen MR) is 85.9 cm³/mol. The summed E-state index contributed by atoms with van der Waals surface area (Å²) in [6, 6.07) is 6.35. The van der Waals surface area contributed by atoms with Crippen LogP contribution in [-0.2, 0) is 4.79 Å². The third-order valence-corrected chi connectivity index (χ3v) is 4.23. The number of alkyl halides is 2. The number of thioether (sulfide) groups is 1. The molecule has 1 aromatic carbocycles. The number of hydrogen-bond acceptors (Lipinski definition) is 4. The minimum absolute atomic E-state index is 0.170. The average Bonchev–Trinajstić information content (AvgIpc) is 2.82. The Morgan fingerprint density at radius 3 is 2.43 bits per heavy atom. The van der Waals surface area contributed by atoms with Gasteiger partial charge in [0.2, 0.25) is 5.91 Å². The van der Waals surface area contributed by atoms with Crippen molar-refractivity contribution in [1.82, 2.24) is 5.16 Å². The van der Waals surface area contributed by atoms with Gasteiger partial charge in [-0.3, -0.25) is 4.79 Å². The van der Waals surface area contributed by atoms with E-state index in [1.54, 1.807) is 38.1 Å². The smallest absolute Gasteiger partial charge is 0.288 e. The lowest BCUT2D eigenvalue weighted by molar-refractivity contribution is -0.117. The summed E-state index contributed by atoms with van der Waals surface area (Å²) in [6.07, 6.45) is 0.605. The standard InChI is InChI=1S/C16H18F2N2O2S/c1-4-13(14-9(2)20-22-10(14)3)15(21)19-11-5-7-12(8-6-11)23-16(17)18/h5-8,13,16H,4H2,1-3H3,(H,19,21). The number of aryl methyl sites for hydroxylation is 2. The second kappa shape index (κ2) is 7.59. The molecule has 4 nitrogen and oxygen atoms in total. The van der Waals surface area contributed by atoms with Crippen LogP contribution in [0.2, 0.25) is 0 Å². The molecule has 23 heavy (non-hydrogen) atoms. The van der Waals surface area contributed by atoms with E-state index in [1.165, 1.54) is 0 Å². The zero-order valence-electron chi connectivity index (χ0n) is 13.1. The number of anilines is 1. The van der Waals surface area contributed by atoms with Crippen LogP contribution in [0, 0.1) is 13.8 Å². The number of carbonyl (C=O) groups excluding carboxylic acids is 1. The van der Waals surface area contributed by atoms with Crippen LogP contribution in [0.5, 0.6) is 0 Å². The van der Waals surface area contributed by atoms with Gasteiger partial charge in [-0.15, -0.1) is 0 Å². The molecule has 0 fully saturated rings. The first-order valence-corrected chi connectivity index (χ1v) is 8.08. The maximum Gasteiger partial charge on any atom is 0.288 e. The maximum atomic E-state index is 12.5. The van der Waals surface area contributed by atoms with Gasteiger partial charge in [0, 0.05) is 16.1 Å². The number of hydrogen-bond donors (Lipinski definition) is 1. The summed E-state index contributed by atoms with van der Waals surface area (Å²) in [5.41, 5.74) is 2.07. The van der Waals surface area contributed by atoms with Gasteiger partial charge in [0.25, 0.3) is 5.76 Å². The first-order chi connectivity index (χ1) is 10.9. The fourth-order valence-electron chi connectivity index (χ4n) is 2.46. The van der Waals surface area contributed by atoms with Gasteiger partial charge in [0.05, 0.1) is 11.6 Å². The summed E-state index contributed by atoms with van der Waals surface area (Å²) in [5.74, 6) is -2.36. The molecule has 0 bridgehead atoms. The van der Waals surface area contributed by atoms with Crippen molar-refractivity contribution in [1.29, 1.82) is 0 Å². The van der Waals surface area contributed by atoms with E-state index in [0.717, 1.165) is 5.56 Å². The lowest BCUT2D eigenvalue weighted by Gasteiger charge is -2.15. The third-order valence-electron chi connectivity index (χ3n) is 3.51. The van der Waals surface area contributed by atoms with Crippen molar-refractivity contribution in [2.24, 2.45) is 0 Å². The van der Waals surface area contributed by atoms with Gasteiger partial charge < -0.3 is 9.84 Å². The van der Waals surface area contributed by atoms with Crippen LogP contribution in [0.25, 0.3) is 0 Å². The highest BCUT2D eigenvalue weighted by atomic mass is 32.2. The zero-order chi connectivity index (χ0) is 17.0. The van der Waals surface area contributed by atoms with Gasteiger partial charge in [0.15, 0.2) is 0 Å². The quantitative estimate of drug-likeness (QED) is 0.772. The van der Waals surface area contributed by atoms with Crippen molar-refractivity contribution >= 4 is 23.4 Å². The molecule has 1 amide bonds. The number of carbonyl (C=O) groups is 1. The predicted octanol–water partition coefficient (Wildman–Crippen LogP) is 4.74. The van der Waals surface area contributed by atoms with E-state index < -0.39 is 5.76 Å². The number of nitrogens with zero attached hydrogens (tertiary/aromatic N) is 1. The van der Waals surface area contributed by atoms with E-state index in [0.29, 0.717) is 40.2 Å². The minimum atomic E-state index is -2.46. The molecule has 0 spiro atoms. The molecule has 124 valence electrons. The first kappa shape index (κ1) is 17.5. The van der Waals surface area contributed by atoms with Gasteiger partial charge in [-0.25, -0.2) is 0 Å². The van der Waals surface area contributed by atoms with Crippen LogP contribution in [0.1, 0.15) is 36.3 Å².